The normalized spacial score (nSPS) is 10.9. The summed E-state index contributed by atoms with van der Waals surface area (Å²) in [7, 11) is 2.83. The maximum atomic E-state index is 11.3. The summed E-state index contributed by atoms with van der Waals surface area (Å²) in [6.45, 7) is 0. The Morgan fingerprint density at radius 3 is 2.36 bits per heavy atom. The molecule has 0 aliphatic carbocycles. The number of hydrogen-bond acceptors (Lipinski definition) is 3. The summed E-state index contributed by atoms with van der Waals surface area (Å²) in [4.78, 5) is 11.3. The van der Waals surface area contributed by atoms with Crippen molar-refractivity contribution in [3.8, 4) is 0 Å². The summed E-state index contributed by atoms with van der Waals surface area (Å²) in [5.74, 6) is -0.405. The van der Waals surface area contributed by atoms with E-state index in [0.717, 1.165) is 5.56 Å². The lowest BCUT2D eigenvalue weighted by atomic mass is 10.1. The van der Waals surface area contributed by atoms with E-state index in [1.165, 1.54) is 20.5 Å². The highest BCUT2D eigenvalue weighted by Gasteiger charge is 2.11. The topological polar surface area (TPSA) is 35.5 Å². The van der Waals surface area contributed by atoms with E-state index in [-0.39, 0.29) is 0 Å². The fourth-order valence-corrected chi connectivity index (χ4v) is 1.08. The molecule has 0 saturated carbocycles. The Morgan fingerprint density at radius 1 is 1.21 bits per heavy atom. The Kier molecular flexibility index (Phi) is 3.73. The van der Waals surface area contributed by atoms with Crippen molar-refractivity contribution < 1.29 is 14.3 Å². The summed E-state index contributed by atoms with van der Waals surface area (Å²) < 4.78 is 9.45. The minimum absolute atomic E-state index is 0.405. The highest BCUT2D eigenvalue weighted by atomic mass is 16.5. The average molecular weight is 192 g/mol. The zero-order valence-corrected chi connectivity index (χ0v) is 8.19. The third-order valence-corrected chi connectivity index (χ3v) is 1.73. The molecule has 0 aromatic heterocycles. The Morgan fingerprint density at radius 2 is 1.86 bits per heavy atom. The van der Waals surface area contributed by atoms with Gasteiger partial charge < -0.3 is 9.47 Å². The second-order valence-corrected chi connectivity index (χ2v) is 2.62. The first-order chi connectivity index (χ1) is 6.79. The second-order valence-electron chi connectivity index (χ2n) is 2.62. The molecule has 0 radical (unpaired) electrons. The van der Waals surface area contributed by atoms with Gasteiger partial charge in [0.15, 0.2) is 0 Å². The van der Waals surface area contributed by atoms with E-state index < -0.39 is 5.97 Å². The molecule has 1 aromatic rings. The van der Waals surface area contributed by atoms with Gasteiger partial charge in [0.1, 0.15) is 5.57 Å². The van der Waals surface area contributed by atoms with Gasteiger partial charge in [0, 0.05) is 0 Å². The van der Waals surface area contributed by atoms with Gasteiger partial charge in [-0.1, -0.05) is 30.3 Å². The van der Waals surface area contributed by atoms with Crippen LogP contribution in [0.4, 0.5) is 0 Å². The van der Waals surface area contributed by atoms with E-state index in [1.807, 2.05) is 30.3 Å². The molecule has 0 unspecified atom stereocenters. The zero-order chi connectivity index (χ0) is 10.4. The molecule has 0 saturated heterocycles. The van der Waals surface area contributed by atoms with Crippen LogP contribution in [0.15, 0.2) is 36.6 Å². The summed E-state index contributed by atoms with van der Waals surface area (Å²) in [6, 6.07) is 9.22. The molecule has 14 heavy (non-hydrogen) atoms. The van der Waals surface area contributed by atoms with E-state index in [4.69, 9.17) is 4.74 Å². The summed E-state index contributed by atoms with van der Waals surface area (Å²) in [5, 5.41) is 0. The molecule has 3 nitrogen and oxygen atoms in total. The van der Waals surface area contributed by atoms with Crippen molar-refractivity contribution in [2.24, 2.45) is 0 Å². The van der Waals surface area contributed by atoms with Crippen LogP contribution in [-0.2, 0) is 14.3 Å². The molecule has 0 aliphatic rings. The lowest BCUT2D eigenvalue weighted by Crippen LogP contribution is -2.04. The van der Waals surface area contributed by atoms with Crippen LogP contribution in [0.25, 0.3) is 5.57 Å². The van der Waals surface area contributed by atoms with Crippen LogP contribution in [0.2, 0.25) is 0 Å². The van der Waals surface area contributed by atoms with Crippen molar-refractivity contribution >= 4 is 11.5 Å². The SMILES string of the molecule is CO/C=C(/C(=O)OC)c1ccccc1. The summed E-state index contributed by atoms with van der Waals surface area (Å²) in [6.07, 6.45) is 1.38. The Labute approximate surface area is 83.0 Å². The quantitative estimate of drug-likeness (QED) is 0.416. The third-order valence-electron chi connectivity index (χ3n) is 1.73. The Bertz CT molecular complexity index is 328. The first-order valence-corrected chi connectivity index (χ1v) is 4.16. The number of carbonyl (C=O) groups excluding carboxylic acids is 1. The molecule has 0 amide bonds. The molecule has 0 N–H and O–H groups in total. The van der Waals surface area contributed by atoms with Gasteiger partial charge in [-0.25, -0.2) is 4.79 Å². The number of hydrogen-bond donors (Lipinski definition) is 0. The van der Waals surface area contributed by atoms with Crippen molar-refractivity contribution in [2.45, 2.75) is 0 Å². The molecule has 0 atom stereocenters. The smallest absolute Gasteiger partial charge is 0.341 e. The molecular formula is C11H12O3. The van der Waals surface area contributed by atoms with Crippen LogP contribution in [0.5, 0.6) is 0 Å². The average Bonchev–Trinajstić information content (AvgIpc) is 2.26. The number of esters is 1. The first kappa shape index (κ1) is 10.3. The number of benzene rings is 1. The van der Waals surface area contributed by atoms with Gasteiger partial charge in [-0.05, 0) is 5.56 Å². The van der Waals surface area contributed by atoms with Crippen LogP contribution < -0.4 is 0 Å². The van der Waals surface area contributed by atoms with E-state index in [2.05, 4.69) is 4.74 Å². The molecular weight excluding hydrogens is 180 g/mol. The predicted octanol–water partition coefficient (Wildman–Crippen LogP) is 1.85. The molecule has 1 aromatic carbocycles. The van der Waals surface area contributed by atoms with Crippen LogP contribution in [0.3, 0.4) is 0 Å². The second kappa shape index (κ2) is 5.07. The van der Waals surface area contributed by atoms with Crippen molar-refractivity contribution in [1.82, 2.24) is 0 Å². The largest absolute Gasteiger partial charge is 0.503 e. The van der Waals surface area contributed by atoms with E-state index in [9.17, 15) is 4.79 Å². The van der Waals surface area contributed by atoms with E-state index >= 15 is 0 Å². The van der Waals surface area contributed by atoms with Gasteiger partial charge in [0.25, 0.3) is 0 Å². The van der Waals surface area contributed by atoms with E-state index in [0.29, 0.717) is 5.57 Å². The molecule has 0 aliphatic heterocycles. The lowest BCUT2D eigenvalue weighted by Gasteiger charge is -2.04. The lowest BCUT2D eigenvalue weighted by molar-refractivity contribution is -0.133. The highest BCUT2D eigenvalue weighted by Crippen LogP contribution is 2.15. The molecule has 0 heterocycles. The maximum Gasteiger partial charge on any atom is 0.341 e. The molecule has 1 rings (SSSR count). The van der Waals surface area contributed by atoms with E-state index in [1.54, 1.807) is 0 Å². The third kappa shape index (κ3) is 2.36. The fraction of sp³-hybridized carbons (Fsp3) is 0.182. The number of rotatable bonds is 3. The molecule has 3 heteroatoms. The van der Waals surface area contributed by atoms with Gasteiger partial charge in [0.2, 0.25) is 0 Å². The molecule has 0 spiro atoms. The van der Waals surface area contributed by atoms with Gasteiger partial charge in [-0.2, -0.15) is 0 Å². The Balaban J connectivity index is 3.02. The van der Waals surface area contributed by atoms with Crippen molar-refractivity contribution in [3.05, 3.63) is 42.2 Å². The van der Waals surface area contributed by atoms with Crippen LogP contribution in [0, 0.1) is 0 Å². The Hall–Kier alpha value is -1.77. The molecule has 74 valence electrons. The van der Waals surface area contributed by atoms with Gasteiger partial charge >= 0.3 is 5.97 Å². The maximum absolute atomic E-state index is 11.3. The van der Waals surface area contributed by atoms with Crippen molar-refractivity contribution in [3.63, 3.8) is 0 Å². The van der Waals surface area contributed by atoms with Crippen LogP contribution in [0.1, 0.15) is 5.56 Å². The van der Waals surface area contributed by atoms with Crippen LogP contribution in [-0.4, -0.2) is 20.2 Å². The number of carbonyl (C=O) groups is 1. The summed E-state index contributed by atoms with van der Waals surface area (Å²) >= 11 is 0. The molecule has 0 fully saturated rings. The fourth-order valence-electron chi connectivity index (χ4n) is 1.08. The van der Waals surface area contributed by atoms with Crippen LogP contribution >= 0.6 is 0 Å². The molecule has 0 bridgehead atoms. The van der Waals surface area contributed by atoms with Crippen molar-refractivity contribution in [2.75, 3.05) is 14.2 Å². The number of ether oxygens (including phenoxy) is 2. The first-order valence-electron chi connectivity index (χ1n) is 4.16. The predicted molar refractivity (Wildman–Crippen MR) is 53.4 cm³/mol. The minimum Gasteiger partial charge on any atom is -0.503 e. The van der Waals surface area contributed by atoms with Gasteiger partial charge in [0.05, 0.1) is 20.5 Å². The van der Waals surface area contributed by atoms with Crippen molar-refractivity contribution in [1.29, 1.82) is 0 Å². The van der Waals surface area contributed by atoms with Gasteiger partial charge in [-0.3, -0.25) is 0 Å². The highest BCUT2D eigenvalue weighted by molar-refractivity contribution is 6.16. The monoisotopic (exact) mass is 192 g/mol. The van der Waals surface area contributed by atoms with Gasteiger partial charge in [-0.15, -0.1) is 0 Å². The standard InChI is InChI=1S/C11H12O3/c1-13-8-10(11(12)14-2)9-6-4-3-5-7-9/h3-8H,1-2H3/b10-8+. The minimum atomic E-state index is -0.405. The summed E-state index contributed by atoms with van der Waals surface area (Å²) in [5.41, 5.74) is 1.19. The number of methoxy groups -OCH3 is 2. The zero-order valence-electron chi connectivity index (χ0n) is 8.19.